The monoisotopic (exact) mass is 525 g/mol. The molecule has 3 saturated heterocycles. The fraction of sp³-hybridized carbons (Fsp3) is 0.700. The highest BCUT2D eigenvalue weighted by Crippen LogP contribution is 2.65. The molecule has 7 atom stereocenters. The number of aliphatic hydroxyl groups excluding tert-OH is 1. The molecule has 1 aromatic carbocycles. The van der Waals surface area contributed by atoms with E-state index in [1.54, 1.807) is 4.90 Å². The fourth-order valence-corrected chi connectivity index (χ4v) is 7.78. The second kappa shape index (κ2) is 10.3. The van der Waals surface area contributed by atoms with Crippen LogP contribution in [0.3, 0.4) is 0 Å². The fourth-order valence-electron chi connectivity index (χ4n) is 7.78. The largest absolute Gasteiger partial charge is 0.394 e. The van der Waals surface area contributed by atoms with Crippen LogP contribution in [-0.2, 0) is 25.7 Å². The van der Waals surface area contributed by atoms with Gasteiger partial charge in [-0.2, -0.15) is 0 Å². The molecule has 3 amide bonds. The third kappa shape index (κ3) is 4.24. The number of rotatable bonds is 8. The average Bonchev–Trinajstić information content (AvgIpc) is 3.41. The minimum Gasteiger partial charge on any atom is -0.394 e. The third-order valence-corrected chi connectivity index (χ3v) is 9.86. The molecule has 0 radical (unpaired) electrons. The van der Waals surface area contributed by atoms with Crippen LogP contribution < -0.4 is 10.6 Å². The van der Waals surface area contributed by atoms with E-state index >= 15 is 0 Å². The second-order valence-electron chi connectivity index (χ2n) is 12.5. The number of fused-ring (bicyclic) bond motifs is 1. The highest BCUT2D eigenvalue weighted by Gasteiger charge is 2.80. The SMILES string of the molecule is CC(C)[C@H](CO)N1C(=O)[C@@H]2[C@@H](C(=O)NCc3ccccc3)[C@]3(C)OC2(CC3C)C1C(=O)NC1CCCCC1. The Bertz CT molecular complexity index is 1060. The van der Waals surface area contributed by atoms with Gasteiger partial charge in [-0.05, 0) is 43.6 Å². The van der Waals surface area contributed by atoms with Gasteiger partial charge in [-0.15, -0.1) is 0 Å². The van der Waals surface area contributed by atoms with Crippen molar-refractivity contribution in [3.63, 3.8) is 0 Å². The summed E-state index contributed by atoms with van der Waals surface area (Å²) in [6.07, 6.45) is 5.70. The van der Waals surface area contributed by atoms with Crippen molar-refractivity contribution < 1.29 is 24.2 Å². The Balaban J connectivity index is 1.50. The first-order valence-corrected chi connectivity index (χ1v) is 14.4. The number of aliphatic hydroxyl groups is 1. The van der Waals surface area contributed by atoms with Gasteiger partial charge in [0.1, 0.15) is 11.6 Å². The van der Waals surface area contributed by atoms with Crippen molar-refractivity contribution in [3.8, 4) is 0 Å². The topological polar surface area (TPSA) is 108 Å². The first-order valence-electron chi connectivity index (χ1n) is 14.4. The predicted octanol–water partition coefficient (Wildman–Crippen LogP) is 2.78. The second-order valence-corrected chi connectivity index (χ2v) is 12.5. The smallest absolute Gasteiger partial charge is 0.246 e. The zero-order valence-corrected chi connectivity index (χ0v) is 23.1. The summed E-state index contributed by atoms with van der Waals surface area (Å²) in [7, 11) is 0. The van der Waals surface area contributed by atoms with Gasteiger partial charge in [-0.1, -0.05) is 70.4 Å². The molecule has 0 aromatic heterocycles. The molecule has 3 N–H and O–H groups in total. The van der Waals surface area contributed by atoms with Crippen LogP contribution in [0.4, 0.5) is 0 Å². The number of carbonyl (C=O) groups is 3. The number of ether oxygens (including phenoxy) is 1. The predicted molar refractivity (Wildman–Crippen MR) is 143 cm³/mol. The minimum absolute atomic E-state index is 0.0180. The molecule has 4 fully saturated rings. The molecule has 1 aromatic rings. The van der Waals surface area contributed by atoms with Gasteiger partial charge in [0.05, 0.1) is 30.1 Å². The van der Waals surface area contributed by atoms with Crippen LogP contribution in [0.2, 0.25) is 0 Å². The van der Waals surface area contributed by atoms with Crippen LogP contribution in [0.5, 0.6) is 0 Å². The number of benzene rings is 1. The van der Waals surface area contributed by atoms with Gasteiger partial charge >= 0.3 is 0 Å². The summed E-state index contributed by atoms with van der Waals surface area (Å²) < 4.78 is 6.80. The standard InChI is InChI=1S/C30H43N3O5/c1-18(2)22(17-34)33-25(27(36)32-21-13-9-6-10-14-21)30-15-19(3)29(4,38-30)23(24(30)28(33)37)26(35)31-16-20-11-7-5-8-12-20/h5,7-8,11-12,18-19,21-25,34H,6,9-10,13-17H2,1-4H3,(H,31,35)(H,32,36)/t19?,22-,23-,24-,25?,29+,30?/m0/s1. The number of likely N-dealkylation sites (tertiary alicyclic amines) is 1. The first kappa shape index (κ1) is 27.1. The Hall–Kier alpha value is -2.45. The third-order valence-electron chi connectivity index (χ3n) is 9.86. The van der Waals surface area contributed by atoms with Crippen LogP contribution in [0.15, 0.2) is 30.3 Å². The molecule has 2 bridgehead atoms. The van der Waals surface area contributed by atoms with E-state index in [0.29, 0.717) is 13.0 Å². The zero-order chi connectivity index (χ0) is 27.2. The van der Waals surface area contributed by atoms with Crippen molar-refractivity contribution in [2.24, 2.45) is 23.7 Å². The number of amides is 3. The Kier molecular flexibility index (Phi) is 7.33. The molecule has 1 aliphatic carbocycles. The number of nitrogens with one attached hydrogen (secondary N) is 2. The molecule has 8 heteroatoms. The molecule has 3 aliphatic heterocycles. The van der Waals surface area contributed by atoms with Crippen molar-refractivity contribution in [2.45, 2.75) is 102 Å². The summed E-state index contributed by atoms with van der Waals surface area (Å²) in [5.41, 5.74) is -0.980. The molecule has 208 valence electrons. The van der Waals surface area contributed by atoms with Gasteiger partial charge in [0.15, 0.2) is 0 Å². The summed E-state index contributed by atoms with van der Waals surface area (Å²) >= 11 is 0. The normalized spacial score (nSPS) is 35.4. The van der Waals surface area contributed by atoms with Crippen molar-refractivity contribution in [3.05, 3.63) is 35.9 Å². The molecule has 3 heterocycles. The lowest BCUT2D eigenvalue weighted by Crippen LogP contribution is -2.60. The van der Waals surface area contributed by atoms with Crippen molar-refractivity contribution in [2.75, 3.05) is 6.61 Å². The molecule has 1 saturated carbocycles. The Labute approximate surface area is 225 Å². The van der Waals surface area contributed by atoms with Gasteiger partial charge in [0, 0.05) is 12.6 Å². The number of hydrogen-bond acceptors (Lipinski definition) is 5. The van der Waals surface area contributed by atoms with Gasteiger partial charge in [0.25, 0.3) is 0 Å². The van der Waals surface area contributed by atoms with E-state index in [0.717, 1.165) is 31.2 Å². The summed E-state index contributed by atoms with van der Waals surface area (Å²) in [4.78, 5) is 43.8. The van der Waals surface area contributed by atoms with Gasteiger partial charge < -0.3 is 25.4 Å². The van der Waals surface area contributed by atoms with Crippen LogP contribution in [0.1, 0.15) is 71.8 Å². The number of carbonyl (C=O) groups excluding carboxylic acids is 3. The maximum absolute atomic E-state index is 14.3. The van der Waals surface area contributed by atoms with Gasteiger partial charge in [0.2, 0.25) is 17.7 Å². The van der Waals surface area contributed by atoms with Crippen molar-refractivity contribution in [1.82, 2.24) is 15.5 Å². The van der Waals surface area contributed by atoms with E-state index in [9.17, 15) is 19.5 Å². The van der Waals surface area contributed by atoms with Crippen LogP contribution in [0.25, 0.3) is 0 Å². The maximum atomic E-state index is 14.3. The van der Waals surface area contributed by atoms with E-state index in [2.05, 4.69) is 17.6 Å². The Morgan fingerprint density at radius 2 is 1.82 bits per heavy atom. The molecular weight excluding hydrogens is 482 g/mol. The quantitative estimate of drug-likeness (QED) is 0.484. The minimum atomic E-state index is -1.10. The molecule has 8 nitrogen and oxygen atoms in total. The molecule has 5 rings (SSSR count). The van der Waals surface area contributed by atoms with Crippen LogP contribution >= 0.6 is 0 Å². The summed E-state index contributed by atoms with van der Waals surface area (Å²) in [5.74, 6) is -2.26. The van der Waals surface area contributed by atoms with E-state index in [1.807, 2.05) is 51.1 Å². The van der Waals surface area contributed by atoms with E-state index in [4.69, 9.17) is 4.74 Å². The van der Waals surface area contributed by atoms with Crippen LogP contribution in [0, 0.1) is 23.7 Å². The summed E-state index contributed by atoms with van der Waals surface area (Å²) in [6.45, 7) is 7.98. The number of nitrogens with zero attached hydrogens (tertiary/aromatic N) is 1. The summed E-state index contributed by atoms with van der Waals surface area (Å²) in [5, 5.41) is 16.7. The highest BCUT2D eigenvalue weighted by molar-refractivity contribution is 5.99. The van der Waals surface area contributed by atoms with E-state index < -0.39 is 35.1 Å². The molecular formula is C30H43N3O5. The zero-order valence-electron chi connectivity index (χ0n) is 23.1. The molecule has 38 heavy (non-hydrogen) atoms. The van der Waals surface area contributed by atoms with E-state index in [-0.39, 0.29) is 42.2 Å². The highest BCUT2D eigenvalue weighted by atomic mass is 16.5. The first-order chi connectivity index (χ1) is 18.1. The van der Waals surface area contributed by atoms with E-state index in [1.165, 1.54) is 6.42 Å². The van der Waals surface area contributed by atoms with Crippen molar-refractivity contribution >= 4 is 17.7 Å². The molecule has 4 aliphatic rings. The molecule has 3 unspecified atom stereocenters. The summed E-state index contributed by atoms with van der Waals surface area (Å²) in [6, 6.07) is 8.34. The van der Waals surface area contributed by atoms with Crippen LogP contribution in [-0.4, -0.2) is 63.7 Å². The maximum Gasteiger partial charge on any atom is 0.246 e. The van der Waals surface area contributed by atoms with Gasteiger partial charge in [-0.3, -0.25) is 14.4 Å². The molecule has 1 spiro atoms. The van der Waals surface area contributed by atoms with Gasteiger partial charge in [-0.25, -0.2) is 0 Å². The Morgan fingerprint density at radius 1 is 1.13 bits per heavy atom. The number of hydrogen-bond donors (Lipinski definition) is 3. The average molecular weight is 526 g/mol. The lowest BCUT2D eigenvalue weighted by molar-refractivity contribution is -0.152. The Morgan fingerprint density at radius 3 is 2.45 bits per heavy atom. The lowest BCUT2D eigenvalue weighted by atomic mass is 9.62. The lowest BCUT2D eigenvalue weighted by Gasteiger charge is -2.39. The van der Waals surface area contributed by atoms with Crippen molar-refractivity contribution in [1.29, 1.82) is 0 Å².